The van der Waals surface area contributed by atoms with Crippen molar-refractivity contribution in [2.75, 3.05) is 13.7 Å². The van der Waals surface area contributed by atoms with Crippen molar-refractivity contribution in [1.29, 1.82) is 0 Å². The third-order valence-corrected chi connectivity index (χ3v) is 3.93. The summed E-state index contributed by atoms with van der Waals surface area (Å²) in [6.07, 6.45) is 2.45. The molecule has 0 aliphatic carbocycles. The summed E-state index contributed by atoms with van der Waals surface area (Å²) < 4.78 is 12.0. The molecule has 2 heterocycles. The van der Waals surface area contributed by atoms with Crippen LogP contribution in [-0.2, 0) is 4.74 Å². The summed E-state index contributed by atoms with van der Waals surface area (Å²) >= 11 is 1.71. The summed E-state index contributed by atoms with van der Waals surface area (Å²) in [6.45, 7) is 0.865. The molecule has 0 unspecified atom stereocenters. The van der Waals surface area contributed by atoms with E-state index in [1.807, 2.05) is 18.2 Å². The minimum Gasteiger partial charge on any atom is -0.497 e. The van der Waals surface area contributed by atoms with Gasteiger partial charge in [-0.25, -0.2) is 4.98 Å². The van der Waals surface area contributed by atoms with E-state index >= 15 is 0 Å². The van der Waals surface area contributed by atoms with Crippen molar-refractivity contribution in [2.45, 2.75) is 18.9 Å². The number of hydrogen-bond acceptors (Lipinski definition) is 4. The molecule has 1 saturated heterocycles. The summed E-state index contributed by atoms with van der Waals surface area (Å²) in [7, 11) is 1.68. The van der Waals surface area contributed by atoms with Gasteiger partial charge in [0.25, 0.3) is 0 Å². The highest BCUT2D eigenvalue weighted by atomic mass is 32.1. The van der Waals surface area contributed by atoms with Gasteiger partial charge in [-0.15, -0.1) is 11.3 Å². The Labute approximate surface area is 98.0 Å². The van der Waals surface area contributed by atoms with Crippen molar-refractivity contribution >= 4 is 21.6 Å². The topological polar surface area (TPSA) is 31.4 Å². The van der Waals surface area contributed by atoms with Crippen molar-refractivity contribution in [3.05, 3.63) is 23.2 Å². The minimum atomic E-state index is 0.211. The van der Waals surface area contributed by atoms with Gasteiger partial charge in [0.1, 0.15) is 16.9 Å². The summed E-state index contributed by atoms with van der Waals surface area (Å²) in [5.41, 5.74) is 1.04. The number of thiazole rings is 1. The van der Waals surface area contributed by atoms with Crippen LogP contribution in [0.15, 0.2) is 18.2 Å². The molecule has 3 rings (SSSR count). The van der Waals surface area contributed by atoms with Gasteiger partial charge in [0.15, 0.2) is 0 Å². The fourth-order valence-electron chi connectivity index (χ4n) is 1.96. The summed E-state index contributed by atoms with van der Waals surface area (Å²) in [4.78, 5) is 4.61. The van der Waals surface area contributed by atoms with Crippen molar-refractivity contribution in [3.63, 3.8) is 0 Å². The Hall–Kier alpha value is -1.13. The first kappa shape index (κ1) is 10.1. The van der Waals surface area contributed by atoms with Crippen molar-refractivity contribution in [3.8, 4) is 5.75 Å². The molecule has 2 aromatic rings. The molecule has 0 spiro atoms. The average Bonchev–Trinajstić information content (AvgIpc) is 2.96. The molecule has 3 nitrogen and oxygen atoms in total. The van der Waals surface area contributed by atoms with Gasteiger partial charge in [-0.1, -0.05) is 0 Å². The molecular weight excluding hydrogens is 222 g/mol. The zero-order chi connectivity index (χ0) is 11.0. The molecule has 0 saturated carbocycles. The number of nitrogens with zero attached hydrogens (tertiary/aromatic N) is 1. The zero-order valence-corrected chi connectivity index (χ0v) is 9.92. The predicted octanol–water partition coefficient (Wildman–Crippen LogP) is 3.16. The van der Waals surface area contributed by atoms with Crippen LogP contribution < -0.4 is 4.74 Å². The van der Waals surface area contributed by atoms with Crippen molar-refractivity contribution in [1.82, 2.24) is 4.98 Å². The number of ether oxygens (including phenoxy) is 2. The highest BCUT2D eigenvalue weighted by Crippen LogP contribution is 2.35. The molecule has 1 fully saturated rings. The van der Waals surface area contributed by atoms with Crippen LogP contribution in [0.25, 0.3) is 10.2 Å². The number of methoxy groups -OCH3 is 1. The van der Waals surface area contributed by atoms with Gasteiger partial charge in [0.05, 0.1) is 17.3 Å². The lowest BCUT2D eigenvalue weighted by Crippen LogP contribution is -1.93. The molecular formula is C12H13NO2S. The summed E-state index contributed by atoms with van der Waals surface area (Å²) in [5.74, 6) is 0.884. The first-order valence-electron chi connectivity index (χ1n) is 5.43. The third-order valence-electron chi connectivity index (χ3n) is 2.82. The molecule has 0 amide bonds. The monoisotopic (exact) mass is 235 g/mol. The smallest absolute Gasteiger partial charge is 0.123 e. The second kappa shape index (κ2) is 4.03. The van der Waals surface area contributed by atoms with E-state index in [0.717, 1.165) is 35.7 Å². The standard InChI is InChI=1S/C12H13NO2S/c1-14-8-4-5-9-11(7-8)16-12(13-9)10-3-2-6-15-10/h4-5,7,10H,2-3,6H2,1H3/t10-/m1/s1. The van der Waals surface area contributed by atoms with Crippen LogP contribution in [0.4, 0.5) is 0 Å². The molecule has 1 atom stereocenters. The molecule has 1 aliphatic rings. The second-order valence-electron chi connectivity index (χ2n) is 3.89. The van der Waals surface area contributed by atoms with E-state index in [1.54, 1.807) is 18.4 Å². The maximum absolute atomic E-state index is 5.64. The lowest BCUT2D eigenvalue weighted by Gasteiger charge is -2.02. The molecule has 16 heavy (non-hydrogen) atoms. The van der Waals surface area contributed by atoms with Gasteiger partial charge in [0, 0.05) is 6.61 Å². The molecule has 1 aromatic heterocycles. The van der Waals surface area contributed by atoms with Gasteiger partial charge >= 0.3 is 0 Å². The van der Waals surface area contributed by atoms with E-state index in [-0.39, 0.29) is 6.10 Å². The van der Waals surface area contributed by atoms with Crippen LogP contribution in [-0.4, -0.2) is 18.7 Å². The van der Waals surface area contributed by atoms with Gasteiger partial charge in [-0.05, 0) is 31.0 Å². The average molecular weight is 235 g/mol. The van der Waals surface area contributed by atoms with Crippen LogP contribution in [0.2, 0.25) is 0 Å². The molecule has 4 heteroatoms. The van der Waals surface area contributed by atoms with Crippen molar-refractivity contribution in [2.24, 2.45) is 0 Å². The maximum atomic E-state index is 5.64. The normalized spacial score (nSPS) is 20.4. The molecule has 1 aliphatic heterocycles. The van der Waals surface area contributed by atoms with Gasteiger partial charge in [0.2, 0.25) is 0 Å². The first-order chi connectivity index (χ1) is 7.86. The van der Waals surface area contributed by atoms with Crippen LogP contribution >= 0.6 is 11.3 Å². The second-order valence-corrected chi connectivity index (χ2v) is 4.95. The maximum Gasteiger partial charge on any atom is 0.123 e. The van der Waals surface area contributed by atoms with E-state index in [9.17, 15) is 0 Å². The van der Waals surface area contributed by atoms with E-state index in [2.05, 4.69) is 4.98 Å². The lowest BCUT2D eigenvalue weighted by molar-refractivity contribution is 0.112. The molecule has 1 aromatic carbocycles. The van der Waals surface area contributed by atoms with Crippen LogP contribution in [0.5, 0.6) is 5.75 Å². The van der Waals surface area contributed by atoms with Crippen molar-refractivity contribution < 1.29 is 9.47 Å². The fourth-order valence-corrected chi connectivity index (χ4v) is 3.04. The quantitative estimate of drug-likeness (QED) is 0.801. The Kier molecular flexibility index (Phi) is 2.53. The largest absolute Gasteiger partial charge is 0.497 e. The number of aromatic nitrogens is 1. The molecule has 0 radical (unpaired) electrons. The highest BCUT2D eigenvalue weighted by molar-refractivity contribution is 7.18. The van der Waals surface area contributed by atoms with Gasteiger partial charge in [-0.3, -0.25) is 0 Å². The SMILES string of the molecule is COc1ccc2nc([C@H]3CCCO3)sc2c1. The summed E-state index contributed by atoms with van der Waals surface area (Å²) in [6, 6.07) is 5.98. The Morgan fingerprint density at radius 2 is 2.44 bits per heavy atom. The molecule has 84 valence electrons. The first-order valence-corrected chi connectivity index (χ1v) is 6.24. The van der Waals surface area contributed by atoms with Crippen LogP contribution in [0.1, 0.15) is 24.0 Å². The summed E-state index contributed by atoms with van der Waals surface area (Å²) in [5, 5.41) is 1.10. The number of hydrogen-bond donors (Lipinski definition) is 0. The zero-order valence-electron chi connectivity index (χ0n) is 9.10. The van der Waals surface area contributed by atoms with E-state index in [4.69, 9.17) is 9.47 Å². The molecule has 0 N–H and O–H groups in total. The Balaban J connectivity index is 2.01. The lowest BCUT2D eigenvalue weighted by atomic mass is 10.2. The number of rotatable bonds is 2. The van der Waals surface area contributed by atoms with E-state index in [1.165, 1.54) is 4.70 Å². The molecule has 0 bridgehead atoms. The fraction of sp³-hybridized carbons (Fsp3) is 0.417. The number of benzene rings is 1. The number of fused-ring (bicyclic) bond motifs is 1. The third kappa shape index (κ3) is 1.68. The van der Waals surface area contributed by atoms with Gasteiger partial charge in [-0.2, -0.15) is 0 Å². The van der Waals surface area contributed by atoms with Gasteiger partial charge < -0.3 is 9.47 Å². The Morgan fingerprint density at radius 1 is 1.50 bits per heavy atom. The van der Waals surface area contributed by atoms with E-state index < -0.39 is 0 Å². The van der Waals surface area contributed by atoms with E-state index in [0.29, 0.717) is 0 Å². The minimum absolute atomic E-state index is 0.211. The van der Waals surface area contributed by atoms with Crippen LogP contribution in [0.3, 0.4) is 0 Å². The Bertz CT molecular complexity index is 503. The highest BCUT2D eigenvalue weighted by Gasteiger charge is 2.21. The van der Waals surface area contributed by atoms with Crippen LogP contribution in [0, 0.1) is 0 Å². The predicted molar refractivity (Wildman–Crippen MR) is 64.1 cm³/mol. The Morgan fingerprint density at radius 3 is 3.19 bits per heavy atom.